The third kappa shape index (κ3) is 4.37. The lowest BCUT2D eigenvalue weighted by Gasteiger charge is -2.35. The first kappa shape index (κ1) is 18.9. The summed E-state index contributed by atoms with van der Waals surface area (Å²) in [7, 11) is 0. The highest BCUT2D eigenvalue weighted by atomic mass is 19.3. The van der Waals surface area contributed by atoms with Crippen molar-refractivity contribution in [3.05, 3.63) is 72.6 Å². The van der Waals surface area contributed by atoms with Gasteiger partial charge in [-0.25, -0.2) is 13.5 Å². The highest BCUT2D eigenvalue weighted by Crippen LogP contribution is 2.34. The Kier molecular flexibility index (Phi) is 5.41. The molecule has 3 aromatic rings. The summed E-state index contributed by atoms with van der Waals surface area (Å²) in [5.74, 6) is 0.0166. The highest BCUT2D eigenvalue weighted by Gasteiger charge is 2.30. The predicted molar refractivity (Wildman–Crippen MR) is 104 cm³/mol. The number of nitrogens with zero attached hydrogens (tertiary/aromatic N) is 3. The van der Waals surface area contributed by atoms with Crippen molar-refractivity contribution in [1.29, 1.82) is 0 Å². The lowest BCUT2D eigenvalue weighted by atomic mass is 10.1. The van der Waals surface area contributed by atoms with E-state index in [-0.39, 0.29) is 6.54 Å². The van der Waals surface area contributed by atoms with Gasteiger partial charge in [-0.15, -0.1) is 0 Å². The fourth-order valence-electron chi connectivity index (χ4n) is 3.28. The van der Waals surface area contributed by atoms with Crippen LogP contribution in [0.25, 0.3) is 5.69 Å². The molecule has 6 nitrogen and oxygen atoms in total. The summed E-state index contributed by atoms with van der Waals surface area (Å²) in [5, 5.41) is 6.45. The van der Waals surface area contributed by atoms with Crippen molar-refractivity contribution in [2.24, 2.45) is 0 Å². The number of carbonyl (C=O) groups excluding carboxylic acids is 1. The molecule has 0 fully saturated rings. The Morgan fingerprint density at radius 2 is 1.97 bits per heavy atom. The molecule has 0 spiro atoms. The minimum absolute atomic E-state index is 0.271. The van der Waals surface area contributed by atoms with E-state index in [2.05, 4.69) is 10.4 Å². The molecule has 2 aromatic carbocycles. The maximum Gasteiger partial charge on any atom is 0.263 e. The Bertz CT molecular complexity index is 961. The van der Waals surface area contributed by atoms with Crippen molar-refractivity contribution in [1.82, 2.24) is 15.1 Å². The van der Waals surface area contributed by atoms with Gasteiger partial charge in [-0.1, -0.05) is 24.3 Å². The van der Waals surface area contributed by atoms with E-state index in [1.165, 1.54) is 0 Å². The number of alkyl halides is 2. The number of benzene rings is 2. The van der Waals surface area contributed by atoms with Gasteiger partial charge in [0.15, 0.2) is 6.10 Å². The minimum Gasteiger partial charge on any atom is -0.477 e. The largest absolute Gasteiger partial charge is 0.477 e. The van der Waals surface area contributed by atoms with Gasteiger partial charge in [0, 0.05) is 18.9 Å². The number of para-hydroxylation sites is 2. The summed E-state index contributed by atoms with van der Waals surface area (Å²) >= 11 is 0. The van der Waals surface area contributed by atoms with Crippen LogP contribution in [0.5, 0.6) is 5.75 Å². The molecule has 8 heteroatoms. The van der Waals surface area contributed by atoms with Crippen molar-refractivity contribution >= 4 is 11.6 Å². The molecule has 1 unspecified atom stereocenters. The standard InChI is InChI=1S/C21H20F2N4O2/c22-20(23)12-24-21(28)19-14-26(17-4-1-2-5-18(17)29-19)13-15-6-8-16(9-7-15)27-11-3-10-25-27/h1-11,19-20H,12-14H2,(H,24,28). The fourth-order valence-corrected chi connectivity index (χ4v) is 3.28. The second kappa shape index (κ2) is 8.30. The van der Waals surface area contributed by atoms with Gasteiger partial charge in [0.2, 0.25) is 0 Å². The lowest BCUT2D eigenvalue weighted by molar-refractivity contribution is -0.128. The van der Waals surface area contributed by atoms with Crippen molar-refractivity contribution in [2.75, 3.05) is 18.0 Å². The molecule has 1 amide bonds. The van der Waals surface area contributed by atoms with Crippen LogP contribution in [0.4, 0.5) is 14.5 Å². The van der Waals surface area contributed by atoms with Crippen LogP contribution in [0.2, 0.25) is 0 Å². The molecule has 0 bridgehead atoms. The average Bonchev–Trinajstić information content (AvgIpc) is 3.27. The first-order valence-electron chi connectivity index (χ1n) is 9.25. The van der Waals surface area contributed by atoms with Crippen LogP contribution in [-0.2, 0) is 11.3 Å². The van der Waals surface area contributed by atoms with Crippen LogP contribution in [-0.4, -0.2) is 41.3 Å². The van der Waals surface area contributed by atoms with Gasteiger partial charge in [0.1, 0.15) is 5.75 Å². The summed E-state index contributed by atoms with van der Waals surface area (Å²) in [6, 6.07) is 17.2. The van der Waals surface area contributed by atoms with Crippen LogP contribution < -0.4 is 15.0 Å². The van der Waals surface area contributed by atoms with Crippen LogP contribution in [0.1, 0.15) is 5.56 Å². The molecular weight excluding hydrogens is 378 g/mol. The Labute approximate surface area is 166 Å². The molecule has 1 aromatic heterocycles. The van der Waals surface area contributed by atoms with Gasteiger partial charge in [0.25, 0.3) is 12.3 Å². The number of fused-ring (bicyclic) bond motifs is 1. The second-order valence-corrected chi connectivity index (χ2v) is 6.71. The molecule has 1 aliphatic rings. The molecule has 1 N–H and O–H groups in total. The summed E-state index contributed by atoms with van der Waals surface area (Å²) in [6.45, 7) is 0.139. The Morgan fingerprint density at radius 1 is 1.17 bits per heavy atom. The third-order valence-corrected chi connectivity index (χ3v) is 4.66. The quantitative estimate of drug-likeness (QED) is 0.694. The lowest BCUT2D eigenvalue weighted by Crippen LogP contribution is -2.49. The van der Waals surface area contributed by atoms with E-state index in [4.69, 9.17) is 4.74 Å². The molecule has 1 atom stereocenters. The molecule has 0 radical (unpaired) electrons. The number of rotatable bonds is 6. The Balaban J connectivity index is 1.51. The van der Waals surface area contributed by atoms with Crippen molar-refractivity contribution < 1.29 is 18.3 Å². The average molecular weight is 398 g/mol. The predicted octanol–water partition coefficient (Wildman–Crippen LogP) is 3.02. The number of carbonyl (C=O) groups is 1. The van der Waals surface area contributed by atoms with Gasteiger partial charge in [0.05, 0.1) is 24.5 Å². The molecule has 29 heavy (non-hydrogen) atoms. The molecule has 0 saturated carbocycles. The summed E-state index contributed by atoms with van der Waals surface area (Å²) in [5.41, 5.74) is 2.86. The first-order valence-corrected chi connectivity index (χ1v) is 9.25. The van der Waals surface area contributed by atoms with E-state index in [0.717, 1.165) is 16.9 Å². The summed E-state index contributed by atoms with van der Waals surface area (Å²) in [6.07, 6.45) is 0.138. The van der Waals surface area contributed by atoms with Crippen molar-refractivity contribution in [2.45, 2.75) is 19.1 Å². The van der Waals surface area contributed by atoms with Gasteiger partial charge in [-0.3, -0.25) is 4.79 Å². The topological polar surface area (TPSA) is 59.4 Å². The zero-order chi connectivity index (χ0) is 20.2. The Morgan fingerprint density at radius 3 is 2.69 bits per heavy atom. The first-order chi connectivity index (χ1) is 14.1. The molecule has 150 valence electrons. The zero-order valence-electron chi connectivity index (χ0n) is 15.5. The van der Waals surface area contributed by atoms with Crippen molar-refractivity contribution in [3.63, 3.8) is 0 Å². The van der Waals surface area contributed by atoms with Crippen LogP contribution in [0.3, 0.4) is 0 Å². The second-order valence-electron chi connectivity index (χ2n) is 6.71. The molecule has 2 heterocycles. The monoisotopic (exact) mass is 398 g/mol. The molecule has 1 aliphatic heterocycles. The van der Waals surface area contributed by atoms with Gasteiger partial charge < -0.3 is 15.0 Å². The number of amides is 1. The molecular formula is C21H20F2N4O2. The van der Waals surface area contributed by atoms with Gasteiger partial charge >= 0.3 is 0 Å². The van der Waals surface area contributed by atoms with E-state index in [1.807, 2.05) is 59.6 Å². The summed E-state index contributed by atoms with van der Waals surface area (Å²) in [4.78, 5) is 14.3. The highest BCUT2D eigenvalue weighted by molar-refractivity contribution is 5.83. The smallest absolute Gasteiger partial charge is 0.263 e. The summed E-state index contributed by atoms with van der Waals surface area (Å²) < 4.78 is 32.4. The van der Waals surface area contributed by atoms with E-state index in [9.17, 15) is 13.6 Å². The maximum atomic E-state index is 12.4. The number of nitrogens with one attached hydrogen (secondary N) is 1. The van der Waals surface area contributed by atoms with Gasteiger partial charge in [-0.2, -0.15) is 5.10 Å². The third-order valence-electron chi connectivity index (χ3n) is 4.66. The maximum absolute atomic E-state index is 12.4. The van der Waals surface area contributed by atoms with E-state index >= 15 is 0 Å². The Hall–Kier alpha value is -3.42. The van der Waals surface area contributed by atoms with Crippen LogP contribution in [0.15, 0.2) is 67.0 Å². The van der Waals surface area contributed by atoms with E-state index in [1.54, 1.807) is 16.9 Å². The fraction of sp³-hybridized carbons (Fsp3) is 0.238. The number of ether oxygens (including phenoxy) is 1. The minimum atomic E-state index is -2.60. The van der Waals surface area contributed by atoms with Crippen LogP contribution in [0, 0.1) is 0 Å². The number of anilines is 1. The molecule has 0 saturated heterocycles. The normalized spacial score (nSPS) is 15.7. The zero-order valence-corrected chi connectivity index (χ0v) is 15.5. The van der Waals surface area contributed by atoms with E-state index in [0.29, 0.717) is 12.3 Å². The molecule has 0 aliphatic carbocycles. The van der Waals surface area contributed by atoms with E-state index < -0.39 is 25.0 Å². The number of hydrogen-bond acceptors (Lipinski definition) is 4. The van der Waals surface area contributed by atoms with Crippen LogP contribution >= 0.6 is 0 Å². The van der Waals surface area contributed by atoms with Crippen molar-refractivity contribution in [3.8, 4) is 11.4 Å². The van der Waals surface area contributed by atoms with Gasteiger partial charge in [-0.05, 0) is 35.9 Å². The SMILES string of the molecule is O=C(NCC(F)F)C1CN(Cc2ccc(-n3cccn3)cc2)c2ccccc2O1. The number of aromatic nitrogens is 2. The number of hydrogen-bond donors (Lipinski definition) is 1. The number of halogens is 2. The molecule has 4 rings (SSSR count).